The number of rotatable bonds is 13. The number of anilines is 7. The molecule has 0 aliphatic carbocycles. The number of halogens is 3. The average molecular weight is 628 g/mol. The number of aryl methyl sites for hydroxylation is 1. The number of aromatic nitrogens is 3. The summed E-state index contributed by atoms with van der Waals surface area (Å²) in [5, 5.41) is 5.52. The zero-order valence-electron chi connectivity index (χ0n) is 25.6. The zero-order chi connectivity index (χ0) is 32.7. The first-order chi connectivity index (χ1) is 21.4. The summed E-state index contributed by atoms with van der Waals surface area (Å²) in [4.78, 5) is 44.8. The van der Waals surface area contributed by atoms with E-state index in [0.29, 0.717) is 25.2 Å². The number of alkyl halides is 3. The molecule has 2 N–H and O–H groups in total. The van der Waals surface area contributed by atoms with Crippen LogP contribution < -0.4 is 30.1 Å². The molecule has 0 unspecified atom stereocenters. The number of amides is 2. The lowest BCUT2D eigenvalue weighted by Gasteiger charge is -2.32. The molecule has 2 amide bonds. The smallest absolute Gasteiger partial charge is 0.422 e. The normalized spacial score (nSPS) is 12.8. The Kier molecular flexibility index (Phi) is 10.4. The molecule has 1 aromatic carbocycles. The molecule has 0 saturated carbocycles. The second-order valence-corrected chi connectivity index (χ2v) is 10.7. The first-order valence-corrected chi connectivity index (χ1v) is 14.1. The topological polar surface area (TPSA) is 119 Å². The summed E-state index contributed by atoms with van der Waals surface area (Å²) < 4.78 is 44.8. The molecule has 15 heteroatoms. The third kappa shape index (κ3) is 8.38. The quantitative estimate of drug-likeness (QED) is 0.209. The number of carbonyl (C=O) groups excluding carboxylic acids is 2. The van der Waals surface area contributed by atoms with Crippen molar-refractivity contribution in [3.63, 3.8) is 0 Å². The highest BCUT2D eigenvalue weighted by atomic mass is 19.4. The Labute approximate surface area is 259 Å². The van der Waals surface area contributed by atoms with Crippen LogP contribution in [0.25, 0.3) is 0 Å². The molecule has 0 saturated heterocycles. The molecule has 0 spiro atoms. The fraction of sp³-hybridized carbons (Fsp3) is 0.367. The van der Waals surface area contributed by atoms with Crippen LogP contribution in [0.2, 0.25) is 0 Å². The van der Waals surface area contributed by atoms with Gasteiger partial charge in [-0.05, 0) is 56.8 Å². The van der Waals surface area contributed by atoms with Crippen molar-refractivity contribution in [1.82, 2.24) is 19.9 Å². The lowest BCUT2D eigenvalue weighted by Crippen LogP contribution is -2.30. The maximum absolute atomic E-state index is 13.2. The van der Waals surface area contributed by atoms with Gasteiger partial charge in [-0.2, -0.15) is 23.1 Å². The van der Waals surface area contributed by atoms with Crippen LogP contribution in [0.3, 0.4) is 0 Å². The number of fused-ring (bicyclic) bond motifs is 1. The second kappa shape index (κ2) is 14.2. The van der Waals surface area contributed by atoms with Crippen molar-refractivity contribution in [1.29, 1.82) is 0 Å². The van der Waals surface area contributed by atoms with Crippen molar-refractivity contribution in [2.75, 3.05) is 79.8 Å². The Morgan fingerprint density at radius 1 is 1.16 bits per heavy atom. The largest absolute Gasteiger partial charge is 0.466 e. The van der Waals surface area contributed by atoms with E-state index in [1.54, 1.807) is 18.0 Å². The van der Waals surface area contributed by atoms with Crippen molar-refractivity contribution in [3.05, 3.63) is 54.7 Å². The van der Waals surface area contributed by atoms with Gasteiger partial charge in [0.15, 0.2) is 12.4 Å². The molecule has 12 nitrogen and oxygen atoms in total. The second-order valence-electron chi connectivity index (χ2n) is 10.7. The van der Waals surface area contributed by atoms with Gasteiger partial charge in [0.2, 0.25) is 24.1 Å². The van der Waals surface area contributed by atoms with Crippen LogP contribution in [0.5, 0.6) is 5.88 Å². The molecule has 240 valence electrons. The Bertz CT molecular complexity index is 1530. The van der Waals surface area contributed by atoms with Crippen molar-refractivity contribution in [3.8, 4) is 5.88 Å². The fourth-order valence-electron chi connectivity index (χ4n) is 4.79. The van der Waals surface area contributed by atoms with Crippen LogP contribution in [0, 0.1) is 0 Å². The lowest BCUT2D eigenvalue weighted by molar-refractivity contribution is -0.153. The van der Waals surface area contributed by atoms with Crippen LogP contribution in [-0.2, 0) is 16.0 Å². The first kappa shape index (κ1) is 33.0. The van der Waals surface area contributed by atoms with E-state index in [-0.39, 0.29) is 29.0 Å². The molecular weight excluding hydrogens is 591 g/mol. The van der Waals surface area contributed by atoms with Gasteiger partial charge < -0.3 is 30.1 Å². The van der Waals surface area contributed by atoms with Crippen LogP contribution in [0.1, 0.15) is 12.0 Å². The van der Waals surface area contributed by atoms with Crippen LogP contribution in [0.15, 0.2) is 49.2 Å². The van der Waals surface area contributed by atoms with Gasteiger partial charge in [-0.3, -0.25) is 14.5 Å². The maximum Gasteiger partial charge on any atom is 0.422 e. The molecular formula is C30H36F3N9O3. The van der Waals surface area contributed by atoms with E-state index in [9.17, 15) is 22.8 Å². The molecule has 1 aliphatic rings. The van der Waals surface area contributed by atoms with Gasteiger partial charge >= 0.3 is 6.18 Å². The number of likely N-dealkylation sites (N-methyl/N-ethyl adjacent to an activating group) is 2. The number of para-hydroxylation sites is 1. The van der Waals surface area contributed by atoms with Crippen LogP contribution >= 0.6 is 0 Å². The molecule has 1 aliphatic heterocycles. The predicted molar refractivity (Wildman–Crippen MR) is 168 cm³/mol. The number of pyridine rings is 1. The number of benzene rings is 1. The van der Waals surface area contributed by atoms with Crippen molar-refractivity contribution in [2.45, 2.75) is 19.0 Å². The lowest BCUT2D eigenvalue weighted by atomic mass is 10.0. The number of hydrogen-bond acceptors (Lipinski definition) is 10. The summed E-state index contributed by atoms with van der Waals surface area (Å²) in [6, 6.07) is 8.63. The van der Waals surface area contributed by atoms with E-state index < -0.39 is 24.6 Å². The molecule has 4 rings (SSSR count). The minimum absolute atomic E-state index is 0.0463. The van der Waals surface area contributed by atoms with E-state index in [1.165, 1.54) is 17.2 Å². The van der Waals surface area contributed by atoms with E-state index in [2.05, 4.69) is 37.1 Å². The van der Waals surface area contributed by atoms with Crippen molar-refractivity contribution >= 4 is 52.7 Å². The molecule has 0 fully saturated rings. The predicted octanol–water partition coefficient (Wildman–Crippen LogP) is 4.36. The number of ether oxygens (including phenoxy) is 1. The summed E-state index contributed by atoms with van der Waals surface area (Å²) in [5.74, 6) is -0.595. The third-order valence-corrected chi connectivity index (χ3v) is 6.95. The maximum atomic E-state index is 13.2. The molecule has 2 aromatic heterocycles. The number of nitrogens with zero attached hydrogens (tertiary/aromatic N) is 7. The van der Waals surface area contributed by atoms with Gasteiger partial charge in [0.05, 0.1) is 17.1 Å². The standard InChI is InChI=1S/C30H36F3N9O3/c1-6-25(44)35-21-17-22(28(45-18-30(31,32)33)38-27(21)41(5)16-15-39(2)3)36-29-34-13-12-24(37-29)42(19-43)23-11-7-9-20-10-8-14-40(4)26(20)23/h6-7,9,11-13,17,19H,1,8,10,14-16,18H2,2-5H3,(H,35,44)(H,34,36,37). The highest BCUT2D eigenvalue weighted by Gasteiger charge is 2.30. The number of hydrogen-bond donors (Lipinski definition) is 2. The third-order valence-electron chi connectivity index (χ3n) is 6.95. The Balaban J connectivity index is 1.75. The van der Waals surface area contributed by atoms with Crippen LogP contribution in [0.4, 0.5) is 53.5 Å². The van der Waals surface area contributed by atoms with E-state index in [1.807, 2.05) is 44.2 Å². The molecule has 3 aromatic rings. The average Bonchev–Trinajstić information content (AvgIpc) is 2.99. The molecule has 0 radical (unpaired) electrons. The SMILES string of the molecule is C=CC(=O)Nc1cc(Nc2nccc(N(C=O)c3cccc4c3N(C)CCC4)n2)c(OCC(F)(F)F)nc1N(C)CCN(C)C. The summed E-state index contributed by atoms with van der Waals surface area (Å²) >= 11 is 0. The van der Waals surface area contributed by atoms with Gasteiger partial charge in [-0.15, -0.1) is 0 Å². The summed E-state index contributed by atoms with van der Waals surface area (Å²) in [5.41, 5.74) is 2.78. The minimum Gasteiger partial charge on any atom is -0.466 e. The van der Waals surface area contributed by atoms with Gasteiger partial charge in [-0.1, -0.05) is 18.7 Å². The summed E-state index contributed by atoms with van der Waals surface area (Å²) in [6.45, 7) is 3.72. The van der Waals surface area contributed by atoms with Crippen LogP contribution in [-0.4, -0.2) is 92.8 Å². The molecule has 0 atom stereocenters. The van der Waals surface area contributed by atoms with E-state index in [0.717, 1.165) is 36.7 Å². The van der Waals surface area contributed by atoms with Gasteiger partial charge in [0.1, 0.15) is 11.5 Å². The highest BCUT2D eigenvalue weighted by molar-refractivity contribution is 6.01. The van der Waals surface area contributed by atoms with Crippen molar-refractivity contribution in [2.24, 2.45) is 0 Å². The molecule has 3 heterocycles. The Hall–Kier alpha value is -4.92. The fourth-order valence-corrected chi connectivity index (χ4v) is 4.79. The molecule has 0 bridgehead atoms. The van der Waals surface area contributed by atoms with Gasteiger partial charge in [0, 0.05) is 39.9 Å². The summed E-state index contributed by atoms with van der Waals surface area (Å²) in [6.07, 6.45) is 0.329. The molecule has 45 heavy (non-hydrogen) atoms. The van der Waals surface area contributed by atoms with E-state index in [4.69, 9.17) is 4.74 Å². The van der Waals surface area contributed by atoms with Gasteiger partial charge in [0.25, 0.3) is 0 Å². The Morgan fingerprint density at radius 2 is 1.93 bits per heavy atom. The summed E-state index contributed by atoms with van der Waals surface area (Å²) in [7, 11) is 7.39. The highest BCUT2D eigenvalue weighted by Crippen LogP contribution is 2.39. The van der Waals surface area contributed by atoms with Crippen molar-refractivity contribution < 1.29 is 27.5 Å². The minimum atomic E-state index is -4.64. The number of nitrogens with one attached hydrogen (secondary N) is 2. The Morgan fingerprint density at radius 3 is 2.62 bits per heavy atom. The van der Waals surface area contributed by atoms with E-state index >= 15 is 0 Å². The van der Waals surface area contributed by atoms with Gasteiger partial charge in [-0.25, -0.2) is 4.98 Å². The number of carbonyl (C=O) groups is 2. The monoisotopic (exact) mass is 627 g/mol. The first-order valence-electron chi connectivity index (χ1n) is 14.1. The zero-order valence-corrected chi connectivity index (χ0v) is 25.6.